The molecule has 2 unspecified atom stereocenters. The number of carbonyl (C=O) groups is 1. The van der Waals surface area contributed by atoms with E-state index in [1.54, 1.807) is 6.92 Å². The minimum atomic E-state index is -1.27. The highest BCUT2D eigenvalue weighted by atomic mass is 19.2. The molecule has 1 aliphatic rings. The number of nitrogens with zero attached hydrogens (tertiary/aromatic N) is 1. The molecule has 1 saturated heterocycles. The monoisotopic (exact) mass is 256 g/mol. The molecule has 2 atom stereocenters. The Bertz CT molecular complexity index is 448. The van der Waals surface area contributed by atoms with E-state index < -0.39 is 17.7 Å². The number of rotatable bonds is 3. The van der Waals surface area contributed by atoms with Gasteiger partial charge in [0.05, 0.1) is 17.7 Å². The van der Waals surface area contributed by atoms with Crippen molar-refractivity contribution in [1.82, 2.24) is 10.3 Å². The van der Waals surface area contributed by atoms with Crippen LogP contribution in [-0.2, 0) is 4.74 Å². The number of hydrogen-bond acceptors (Lipinski definition) is 3. The molecule has 2 rings (SSSR count). The maximum Gasteiger partial charge on any atom is 0.254 e. The predicted molar refractivity (Wildman–Crippen MR) is 60.1 cm³/mol. The van der Waals surface area contributed by atoms with E-state index in [0.29, 0.717) is 6.61 Å². The van der Waals surface area contributed by atoms with Gasteiger partial charge in [-0.15, -0.1) is 0 Å². The smallest absolute Gasteiger partial charge is 0.254 e. The van der Waals surface area contributed by atoms with E-state index in [9.17, 15) is 13.6 Å². The SMILES string of the molecule is CC(NC(=O)c1ccnc(F)c1F)C1CCCO1. The Morgan fingerprint density at radius 2 is 2.39 bits per heavy atom. The third kappa shape index (κ3) is 2.64. The van der Waals surface area contributed by atoms with Gasteiger partial charge in [-0.2, -0.15) is 4.39 Å². The minimum Gasteiger partial charge on any atom is -0.376 e. The van der Waals surface area contributed by atoms with Gasteiger partial charge in [0.1, 0.15) is 0 Å². The molecule has 1 aromatic heterocycles. The molecule has 2 heterocycles. The van der Waals surface area contributed by atoms with Crippen molar-refractivity contribution >= 4 is 5.91 Å². The fourth-order valence-electron chi connectivity index (χ4n) is 1.97. The van der Waals surface area contributed by atoms with Crippen LogP contribution in [0.4, 0.5) is 8.78 Å². The van der Waals surface area contributed by atoms with Gasteiger partial charge in [-0.05, 0) is 25.8 Å². The fourth-order valence-corrected chi connectivity index (χ4v) is 1.97. The lowest BCUT2D eigenvalue weighted by Gasteiger charge is -2.20. The Hall–Kier alpha value is -1.56. The number of aromatic nitrogens is 1. The normalized spacial score (nSPS) is 20.7. The van der Waals surface area contributed by atoms with E-state index in [2.05, 4.69) is 10.3 Å². The molecule has 1 N–H and O–H groups in total. The van der Waals surface area contributed by atoms with Gasteiger partial charge in [-0.1, -0.05) is 0 Å². The molecule has 0 aromatic carbocycles. The number of carbonyl (C=O) groups excluding carboxylic acids is 1. The van der Waals surface area contributed by atoms with Crippen LogP contribution in [-0.4, -0.2) is 29.6 Å². The molecule has 0 aliphatic carbocycles. The highest BCUT2D eigenvalue weighted by Crippen LogP contribution is 2.16. The van der Waals surface area contributed by atoms with Gasteiger partial charge in [-0.25, -0.2) is 9.37 Å². The first-order valence-corrected chi connectivity index (χ1v) is 5.82. The second-order valence-electron chi connectivity index (χ2n) is 4.28. The number of pyridine rings is 1. The van der Waals surface area contributed by atoms with Crippen molar-refractivity contribution in [3.05, 3.63) is 29.6 Å². The molecule has 0 bridgehead atoms. The van der Waals surface area contributed by atoms with Gasteiger partial charge >= 0.3 is 0 Å². The summed E-state index contributed by atoms with van der Waals surface area (Å²) in [5, 5.41) is 2.61. The number of hydrogen-bond donors (Lipinski definition) is 1. The first kappa shape index (κ1) is 12.9. The summed E-state index contributed by atoms with van der Waals surface area (Å²) in [6, 6.07) is 0.909. The molecular weight excluding hydrogens is 242 g/mol. The van der Waals surface area contributed by atoms with Crippen molar-refractivity contribution in [3.63, 3.8) is 0 Å². The highest BCUT2D eigenvalue weighted by Gasteiger charge is 2.25. The van der Waals surface area contributed by atoms with Crippen LogP contribution in [0.2, 0.25) is 0 Å². The molecule has 4 nitrogen and oxygen atoms in total. The number of amides is 1. The van der Waals surface area contributed by atoms with Gasteiger partial charge in [0.15, 0.2) is 5.82 Å². The molecule has 18 heavy (non-hydrogen) atoms. The zero-order chi connectivity index (χ0) is 13.1. The maximum absolute atomic E-state index is 13.4. The second kappa shape index (κ2) is 5.39. The van der Waals surface area contributed by atoms with Gasteiger partial charge in [0, 0.05) is 12.8 Å². The Labute approximate surface area is 103 Å². The summed E-state index contributed by atoms with van der Waals surface area (Å²) in [4.78, 5) is 14.9. The summed E-state index contributed by atoms with van der Waals surface area (Å²) in [6.07, 6.45) is 2.80. The van der Waals surface area contributed by atoms with Crippen LogP contribution >= 0.6 is 0 Å². The molecule has 6 heteroatoms. The lowest BCUT2D eigenvalue weighted by Crippen LogP contribution is -2.41. The molecule has 1 aliphatic heterocycles. The first-order valence-electron chi connectivity index (χ1n) is 5.82. The average Bonchev–Trinajstić information content (AvgIpc) is 2.86. The minimum absolute atomic E-state index is 0.0660. The van der Waals surface area contributed by atoms with Crippen molar-refractivity contribution < 1.29 is 18.3 Å². The van der Waals surface area contributed by atoms with E-state index in [0.717, 1.165) is 25.1 Å². The van der Waals surface area contributed by atoms with Crippen LogP contribution in [0, 0.1) is 11.8 Å². The topological polar surface area (TPSA) is 51.2 Å². The lowest BCUT2D eigenvalue weighted by atomic mass is 10.1. The first-order chi connectivity index (χ1) is 8.59. The van der Waals surface area contributed by atoms with Crippen LogP contribution in [0.15, 0.2) is 12.3 Å². The van der Waals surface area contributed by atoms with Crippen molar-refractivity contribution in [3.8, 4) is 0 Å². The van der Waals surface area contributed by atoms with Gasteiger partial charge in [0.25, 0.3) is 5.91 Å². The Morgan fingerprint density at radius 1 is 1.61 bits per heavy atom. The Morgan fingerprint density at radius 3 is 3.06 bits per heavy atom. The van der Waals surface area contributed by atoms with Gasteiger partial charge < -0.3 is 10.1 Å². The average molecular weight is 256 g/mol. The summed E-state index contributed by atoms with van der Waals surface area (Å²) in [6.45, 7) is 2.45. The Balaban J connectivity index is 2.05. The molecule has 1 fully saturated rings. The standard InChI is InChI=1S/C12H14F2N2O2/c1-7(9-3-2-6-18-9)16-12(17)8-4-5-15-11(14)10(8)13/h4-5,7,9H,2-3,6H2,1H3,(H,16,17). The van der Waals surface area contributed by atoms with E-state index in [4.69, 9.17) is 4.74 Å². The van der Waals surface area contributed by atoms with Crippen LogP contribution < -0.4 is 5.32 Å². The van der Waals surface area contributed by atoms with Crippen LogP contribution in [0.5, 0.6) is 0 Å². The maximum atomic E-state index is 13.4. The third-order valence-electron chi connectivity index (χ3n) is 2.97. The lowest BCUT2D eigenvalue weighted by molar-refractivity contribution is 0.0709. The van der Waals surface area contributed by atoms with Crippen LogP contribution in [0.25, 0.3) is 0 Å². The second-order valence-corrected chi connectivity index (χ2v) is 4.28. The third-order valence-corrected chi connectivity index (χ3v) is 2.97. The van der Waals surface area contributed by atoms with Crippen LogP contribution in [0.1, 0.15) is 30.1 Å². The van der Waals surface area contributed by atoms with E-state index in [-0.39, 0.29) is 17.7 Å². The summed E-state index contributed by atoms with van der Waals surface area (Å²) < 4.78 is 31.6. The van der Waals surface area contributed by atoms with Gasteiger partial charge in [-0.3, -0.25) is 4.79 Å². The largest absolute Gasteiger partial charge is 0.376 e. The van der Waals surface area contributed by atoms with E-state index in [1.165, 1.54) is 0 Å². The van der Waals surface area contributed by atoms with Crippen molar-refractivity contribution in [2.24, 2.45) is 0 Å². The van der Waals surface area contributed by atoms with Crippen molar-refractivity contribution in [2.45, 2.75) is 31.9 Å². The van der Waals surface area contributed by atoms with Crippen LogP contribution in [0.3, 0.4) is 0 Å². The molecule has 0 radical (unpaired) electrons. The quantitative estimate of drug-likeness (QED) is 0.837. The van der Waals surface area contributed by atoms with Crippen molar-refractivity contribution in [2.75, 3.05) is 6.61 Å². The number of halogens is 2. The zero-order valence-corrected chi connectivity index (χ0v) is 9.95. The summed E-state index contributed by atoms with van der Waals surface area (Å²) in [5.74, 6) is -3.15. The summed E-state index contributed by atoms with van der Waals surface area (Å²) >= 11 is 0. The Kier molecular flexibility index (Phi) is 3.86. The molecular formula is C12H14F2N2O2. The highest BCUT2D eigenvalue weighted by molar-refractivity contribution is 5.94. The molecule has 1 aromatic rings. The predicted octanol–water partition coefficient (Wildman–Crippen LogP) is 1.66. The summed E-state index contributed by atoms with van der Waals surface area (Å²) in [5.41, 5.74) is -0.340. The number of ether oxygens (including phenoxy) is 1. The number of nitrogens with one attached hydrogen (secondary N) is 1. The van der Waals surface area contributed by atoms with Gasteiger partial charge in [0.2, 0.25) is 5.95 Å². The molecule has 1 amide bonds. The van der Waals surface area contributed by atoms with E-state index in [1.807, 2.05) is 0 Å². The van der Waals surface area contributed by atoms with Crippen molar-refractivity contribution in [1.29, 1.82) is 0 Å². The fraction of sp³-hybridized carbons (Fsp3) is 0.500. The summed E-state index contributed by atoms with van der Waals surface area (Å²) in [7, 11) is 0. The molecule has 0 saturated carbocycles. The molecule has 98 valence electrons. The van der Waals surface area contributed by atoms with E-state index >= 15 is 0 Å². The zero-order valence-electron chi connectivity index (χ0n) is 9.95. The molecule has 0 spiro atoms.